The molecule has 0 saturated carbocycles. The van der Waals surface area contributed by atoms with E-state index >= 15 is 0 Å². The van der Waals surface area contributed by atoms with Crippen LogP contribution in [0.25, 0.3) is 10.4 Å². The molecule has 0 spiro atoms. The zero-order chi connectivity index (χ0) is 14.1. The molecule has 0 bridgehead atoms. The number of nitrogens with one attached hydrogen (secondary N) is 1. The van der Waals surface area contributed by atoms with Gasteiger partial charge in [-0.05, 0) is 37.6 Å². The second kappa shape index (κ2) is 5.29. The predicted molar refractivity (Wildman–Crippen MR) is 81.6 cm³/mol. The van der Waals surface area contributed by atoms with Crippen LogP contribution in [-0.2, 0) is 6.42 Å². The molecule has 1 aliphatic rings. The molecule has 0 fully saturated rings. The summed E-state index contributed by atoms with van der Waals surface area (Å²) >= 11 is 1.51. The van der Waals surface area contributed by atoms with Crippen molar-refractivity contribution in [2.24, 2.45) is 0 Å². The van der Waals surface area contributed by atoms with E-state index in [2.05, 4.69) is 23.5 Å². The number of rotatable bonds is 3. The van der Waals surface area contributed by atoms with E-state index in [4.69, 9.17) is 4.74 Å². The molecule has 3 nitrogen and oxygen atoms in total. The summed E-state index contributed by atoms with van der Waals surface area (Å²) in [6.45, 7) is 4.67. The van der Waals surface area contributed by atoms with Crippen molar-refractivity contribution < 1.29 is 9.53 Å². The highest BCUT2D eigenvalue weighted by Crippen LogP contribution is 2.39. The molecule has 2 heterocycles. The summed E-state index contributed by atoms with van der Waals surface area (Å²) < 4.78 is 5.72. The van der Waals surface area contributed by atoms with Crippen LogP contribution in [0.2, 0.25) is 0 Å². The number of carbonyl (C=O) groups is 1. The Labute approximate surface area is 122 Å². The summed E-state index contributed by atoms with van der Waals surface area (Å²) in [6.07, 6.45) is 0.968. The molecule has 1 aliphatic heterocycles. The summed E-state index contributed by atoms with van der Waals surface area (Å²) in [5, 5.41) is 2.92. The molecule has 0 radical (unpaired) electrons. The first-order chi connectivity index (χ1) is 9.65. The Bertz CT molecular complexity index is 646. The first-order valence-electron chi connectivity index (χ1n) is 6.81. The minimum Gasteiger partial charge on any atom is -0.492 e. The van der Waals surface area contributed by atoms with E-state index in [0.29, 0.717) is 0 Å². The molecule has 0 aliphatic carbocycles. The highest BCUT2D eigenvalue weighted by molar-refractivity contribution is 7.17. The molecule has 1 aromatic heterocycles. The smallest absolute Gasteiger partial charge is 0.261 e. The highest BCUT2D eigenvalue weighted by atomic mass is 32.1. The number of hydrogen-bond acceptors (Lipinski definition) is 3. The van der Waals surface area contributed by atoms with Crippen LogP contribution in [0, 0.1) is 0 Å². The molecule has 3 rings (SSSR count). The molecule has 0 atom stereocenters. The van der Waals surface area contributed by atoms with Crippen LogP contribution in [0.15, 0.2) is 30.3 Å². The van der Waals surface area contributed by atoms with Gasteiger partial charge in [-0.25, -0.2) is 0 Å². The summed E-state index contributed by atoms with van der Waals surface area (Å²) in [5.41, 5.74) is 2.35. The SMILES string of the molecule is CC(C)NC(=O)c1ccc(-c2cccc3c2OCC3)s1. The lowest BCUT2D eigenvalue weighted by Gasteiger charge is -2.07. The van der Waals surface area contributed by atoms with Crippen LogP contribution in [0.5, 0.6) is 5.75 Å². The zero-order valence-corrected chi connectivity index (χ0v) is 12.4. The van der Waals surface area contributed by atoms with Gasteiger partial charge in [-0.15, -0.1) is 11.3 Å². The van der Waals surface area contributed by atoms with Gasteiger partial charge in [0.05, 0.1) is 11.5 Å². The summed E-state index contributed by atoms with van der Waals surface area (Å²) in [7, 11) is 0. The maximum absolute atomic E-state index is 12.0. The van der Waals surface area contributed by atoms with E-state index in [0.717, 1.165) is 34.1 Å². The van der Waals surface area contributed by atoms with E-state index in [-0.39, 0.29) is 11.9 Å². The van der Waals surface area contributed by atoms with Crippen molar-refractivity contribution in [1.29, 1.82) is 0 Å². The number of carbonyl (C=O) groups excluding carboxylic acids is 1. The lowest BCUT2D eigenvalue weighted by atomic mass is 10.1. The molecular formula is C16H17NO2S. The van der Waals surface area contributed by atoms with Gasteiger partial charge in [-0.3, -0.25) is 4.79 Å². The zero-order valence-electron chi connectivity index (χ0n) is 11.6. The summed E-state index contributed by atoms with van der Waals surface area (Å²) in [6, 6.07) is 10.2. The maximum Gasteiger partial charge on any atom is 0.261 e. The third-order valence-corrected chi connectivity index (χ3v) is 4.35. The molecule has 1 N–H and O–H groups in total. The standard InChI is InChI=1S/C16H17NO2S/c1-10(2)17-16(18)14-7-6-13(20-14)12-5-3-4-11-8-9-19-15(11)12/h3-7,10H,8-9H2,1-2H3,(H,17,18). The lowest BCUT2D eigenvalue weighted by Crippen LogP contribution is -2.29. The average molecular weight is 287 g/mol. The summed E-state index contributed by atoms with van der Waals surface area (Å²) in [4.78, 5) is 13.8. The van der Waals surface area contributed by atoms with E-state index in [1.807, 2.05) is 26.0 Å². The van der Waals surface area contributed by atoms with E-state index in [1.165, 1.54) is 16.9 Å². The van der Waals surface area contributed by atoms with Crippen LogP contribution >= 0.6 is 11.3 Å². The average Bonchev–Trinajstić information content (AvgIpc) is 3.06. The molecule has 2 aromatic rings. The van der Waals surface area contributed by atoms with Crippen molar-refractivity contribution in [2.45, 2.75) is 26.3 Å². The Kier molecular flexibility index (Phi) is 3.49. The van der Waals surface area contributed by atoms with Gasteiger partial charge in [-0.1, -0.05) is 12.1 Å². The Hall–Kier alpha value is -1.81. The lowest BCUT2D eigenvalue weighted by molar-refractivity contribution is 0.0947. The van der Waals surface area contributed by atoms with Gasteiger partial charge < -0.3 is 10.1 Å². The second-order valence-electron chi connectivity index (χ2n) is 5.18. The van der Waals surface area contributed by atoms with Crippen molar-refractivity contribution >= 4 is 17.2 Å². The minimum atomic E-state index is -0.00950. The van der Waals surface area contributed by atoms with Crippen molar-refractivity contribution in [3.63, 3.8) is 0 Å². The Morgan fingerprint density at radius 3 is 2.95 bits per heavy atom. The number of ether oxygens (including phenoxy) is 1. The van der Waals surface area contributed by atoms with Crippen molar-refractivity contribution in [3.8, 4) is 16.2 Å². The van der Waals surface area contributed by atoms with E-state index in [1.54, 1.807) is 0 Å². The molecule has 104 valence electrons. The second-order valence-corrected chi connectivity index (χ2v) is 6.27. The molecule has 1 amide bonds. The largest absolute Gasteiger partial charge is 0.492 e. The van der Waals surface area contributed by atoms with Crippen LogP contribution in [0.1, 0.15) is 29.1 Å². The van der Waals surface area contributed by atoms with E-state index < -0.39 is 0 Å². The number of hydrogen-bond donors (Lipinski definition) is 1. The molecule has 0 saturated heterocycles. The minimum absolute atomic E-state index is 0.00950. The van der Waals surface area contributed by atoms with Gasteiger partial charge in [0.1, 0.15) is 5.75 Å². The fourth-order valence-electron chi connectivity index (χ4n) is 2.35. The van der Waals surface area contributed by atoms with Gasteiger partial charge in [0.25, 0.3) is 5.91 Å². The Morgan fingerprint density at radius 1 is 1.30 bits per heavy atom. The highest BCUT2D eigenvalue weighted by Gasteiger charge is 2.19. The Balaban J connectivity index is 1.91. The third kappa shape index (κ3) is 2.43. The molecule has 20 heavy (non-hydrogen) atoms. The normalized spacial score (nSPS) is 13.2. The monoisotopic (exact) mass is 287 g/mol. The van der Waals surface area contributed by atoms with Gasteiger partial charge in [0.2, 0.25) is 0 Å². The number of benzene rings is 1. The van der Waals surface area contributed by atoms with Crippen LogP contribution < -0.4 is 10.1 Å². The Morgan fingerprint density at radius 2 is 2.15 bits per heavy atom. The fraction of sp³-hybridized carbons (Fsp3) is 0.312. The van der Waals surface area contributed by atoms with Crippen LogP contribution in [0.3, 0.4) is 0 Å². The molecular weight excluding hydrogens is 270 g/mol. The van der Waals surface area contributed by atoms with Crippen LogP contribution in [-0.4, -0.2) is 18.6 Å². The maximum atomic E-state index is 12.0. The van der Waals surface area contributed by atoms with Crippen LogP contribution in [0.4, 0.5) is 0 Å². The summed E-state index contributed by atoms with van der Waals surface area (Å²) in [5.74, 6) is 0.968. The topological polar surface area (TPSA) is 38.3 Å². The number of para-hydroxylation sites is 1. The van der Waals surface area contributed by atoms with Crippen molar-refractivity contribution in [2.75, 3.05) is 6.61 Å². The first-order valence-corrected chi connectivity index (χ1v) is 7.62. The number of thiophene rings is 1. The predicted octanol–water partition coefficient (Wildman–Crippen LogP) is 3.49. The number of fused-ring (bicyclic) bond motifs is 1. The number of amides is 1. The van der Waals surface area contributed by atoms with Gasteiger partial charge in [0, 0.05) is 22.9 Å². The fourth-order valence-corrected chi connectivity index (χ4v) is 3.28. The first kappa shape index (κ1) is 13.2. The molecule has 4 heteroatoms. The van der Waals surface area contributed by atoms with Gasteiger partial charge >= 0.3 is 0 Å². The van der Waals surface area contributed by atoms with Crippen molar-refractivity contribution in [3.05, 3.63) is 40.8 Å². The van der Waals surface area contributed by atoms with Gasteiger partial charge in [0.15, 0.2) is 0 Å². The molecule has 1 aromatic carbocycles. The quantitative estimate of drug-likeness (QED) is 0.938. The third-order valence-electron chi connectivity index (χ3n) is 3.23. The van der Waals surface area contributed by atoms with E-state index in [9.17, 15) is 4.79 Å². The van der Waals surface area contributed by atoms with Gasteiger partial charge in [-0.2, -0.15) is 0 Å². The van der Waals surface area contributed by atoms with Crippen molar-refractivity contribution in [1.82, 2.24) is 5.32 Å². The molecule has 0 unspecified atom stereocenters.